The zero-order valence-corrected chi connectivity index (χ0v) is 16.3. The van der Waals surface area contributed by atoms with Gasteiger partial charge in [0.05, 0.1) is 18.1 Å². The van der Waals surface area contributed by atoms with Gasteiger partial charge in [-0.2, -0.15) is 0 Å². The lowest BCUT2D eigenvalue weighted by atomic mass is 10.2. The van der Waals surface area contributed by atoms with Crippen molar-refractivity contribution in [3.05, 3.63) is 66.7 Å². The van der Waals surface area contributed by atoms with Crippen LogP contribution in [0.2, 0.25) is 0 Å². The van der Waals surface area contributed by atoms with Crippen LogP contribution in [0.1, 0.15) is 0 Å². The number of nitrogens with one attached hydrogen (secondary N) is 1. The molecule has 2 heterocycles. The van der Waals surface area contributed by atoms with Crippen LogP contribution >= 0.6 is 0 Å². The molecule has 1 aliphatic heterocycles. The first-order chi connectivity index (χ1) is 14.7. The number of fused-ring (bicyclic) bond motifs is 2. The lowest BCUT2D eigenvalue weighted by molar-refractivity contribution is -0.116. The van der Waals surface area contributed by atoms with Gasteiger partial charge in [0.25, 0.3) is 0 Å². The molecule has 1 amide bonds. The van der Waals surface area contributed by atoms with Crippen LogP contribution in [0.5, 0.6) is 17.2 Å². The average molecular weight is 401 g/mol. The molecule has 5 rings (SSSR count). The number of benzene rings is 3. The molecule has 0 unspecified atom stereocenters. The molecule has 1 aromatic heterocycles. The van der Waals surface area contributed by atoms with Crippen LogP contribution in [-0.2, 0) is 11.3 Å². The highest BCUT2D eigenvalue weighted by atomic mass is 16.7. The van der Waals surface area contributed by atoms with E-state index in [9.17, 15) is 4.79 Å². The predicted molar refractivity (Wildman–Crippen MR) is 113 cm³/mol. The quantitative estimate of drug-likeness (QED) is 0.545. The van der Waals surface area contributed by atoms with Crippen LogP contribution in [-0.4, -0.2) is 29.4 Å². The molecule has 0 bridgehead atoms. The van der Waals surface area contributed by atoms with Crippen LogP contribution in [0.15, 0.2) is 66.7 Å². The van der Waals surface area contributed by atoms with Gasteiger partial charge >= 0.3 is 0 Å². The standard InChI is InChI=1S/C23H19N3O4/c1-28-17-9-6-15(7-10-17)23-25-18-4-2-3-5-19(18)26(23)13-22(27)24-16-8-11-20-21(12-16)30-14-29-20/h2-12H,13-14H2,1H3,(H,24,27). The van der Waals surface area contributed by atoms with Crippen molar-refractivity contribution in [2.45, 2.75) is 6.54 Å². The van der Waals surface area contributed by atoms with Gasteiger partial charge in [-0.15, -0.1) is 0 Å². The van der Waals surface area contributed by atoms with Crippen molar-refractivity contribution >= 4 is 22.6 Å². The maximum Gasteiger partial charge on any atom is 0.244 e. The first-order valence-corrected chi connectivity index (χ1v) is 9.50. The molecule has 7 heteroatoms. The van der Waals surface area contributed by atoms with Gasteiger partial charge in [0.15, 0.2) is 11.5 Å². The summed E-state index contributed by atoms with van der Waals surface area (Å²) >= 11 is 0. The van der Waals surface area contributed by atoms with E-state index in [1.807, 2.05) is 53.1 Å². The normalized spacial score (nSPS) is 12.2. The lowest BCUT2D eigenvalue weighted by Crippen LogP contribution is -2.19. The second kappa shape index (κ2) is 7.44. The minimum absolute atomic E-state index is 0.121. The molecule has 1 aliphatic rings. The number of hydrogen-bond acceptors (Lipinski definition) is 5. The highest BCUT2D eigenvalue weighted by molar-refractivity contribution is 5.93. The molecular formula is C23H19N3O4. The number of imidazole rings is 1. The van der Waals surface area contributed by atoms with Crippen LogP contribution in [0.25, 0.3) is 22.4 Å². The van der Waals surface area contributed by atoms with Crippen molar-refractivity contribution in [3.8, 4) is 28.6 Å². The largest absolute Gasteiger partial charge is 0.497 e. The summed E-state index contributed by atoms with van der Waals surface area (Å²) in [4.78, 5) is 17.6. The van der Waals surface area contributed by atoms with Crippen molar-refractivity contribution in [2.75, 3.05) is 19.2 Å². The van der Waals surface area contributed by atoms with E-state index >= 15 is 0 Å². The van der Waals surface area contributed by atoms with Crippen LogP contribution < -0.4 is 19.5 Å². The Kier molecular flexibility index (Phi) is 4.48. The van der Waals surface area contributed by atoms with Crippen molar-refractivity contribution in [1.29, 1.82) is 0 Å². The first-order valence-electron chi connectivity index (χ1n) is 9.50. The summed E-state index contributed by atoms with van der Waals surface area (Å²) in [5, 5.41) is 2.93. The second-order valence-corrected chi connectivity index (χ2v) is 6.85. The van der Waals surface area contributed by atoms with E-state index in [2.05, 4.69) is 5.32 Å². The number of amides is 1. The fourth-order valence-electron chi connectivity index (χ4n) is 3.51. The topological polar surface area (TPSA) is 74.6 Å². The van der Waals surface area contributed by atoms with Gasteiger partial charge in [-0.25, -0.2) is 4.98 Å². The van der Waals surface area contributed by atoms with Crippen LogP contribution in [0, 0.1) is 0 Å². The summed E-state index contributed by atoms with van der Waals surface area (Å²) in [7, 11) is 1.63. The SMILES string of the molecule is COc1ccc(-c2nc3ccccc3n2CC(=O)Nc2ccc3c(c2)OCO3)cc1. The maximum absolute atomic E-state index is 12.9. The third kappa shape index (κ3) is 3.30. The molecule has 0 spiro atoms. The van der Waals surface area contributed by atoms with E-state index < -0.39 is 0 Å². The molecule has 0 fully saturated rings. The Balaban J connectivity index is 1.46. The molecule has 0 radical (unpaired) electrons. The molecule has 150 valence electrons. The van der Waals surface area contributed by atoms with Gasteiger partial charge in [0, 0.05) is 17.3 Å². The van der Waals surface area contributed by atoms with Gasteiger partial charge in [0.2, 0.25) is 12.7 Å². The zero-order chi connectivity index (χ0) is 20.5. The number of rotatable bonds is 5. The van der Waals surface area contributed by atoms with Gasteiger partial charge in [0.1, 0.15) is 18.1 Å². The van der Waals surface area contributed by atoms with Crippen LogP contribution in [0.3, 0.4) is 0 Å². The molecule has 1 N–H and O–H groups in total. The van der Waals surface area contributed by atoms with Gasteiger partial charge in [-0.05, 0) is 48.5 Å². The first kappa shape index (κ1) is 18.1. The summed E-state index contributed by atoms with van der Waals surface area (Å²) in [6, 6.07) is 20.7. The van der Waals surface area contributed by atoms with Crippen molar-refractivity contribution in [3.63, 3.8) is 0 Å². The number of aromatic nitrogens is 2. The van der Waals surface area contributed by atoms with E-state index in [0.29, 0.717) is 17.2 Å². The Morgan fingerprint density at radius 2 is 1.87 bits per heavy atom. The number of nitrogens with zero attached hydrogens (tertiary/aromatic N) is 2. The lowest BCUT2D eigenvalue weighted by Gasteiger charge is -2.11. The van der Waals surface area contributed by atoms with E-state index in [1.165, 1.54) is 0 Å². The summed E-state index contributed by atoms with van der Waals surface area (Å²) in [5.74, 6) is 2.63. The Morgan fingerprint density at radius 3 is 2.70 bits per heavy atom. The predicted octanol–water partition coefficient (Wildman–Crippen LogP) is 4.08. The van der Waals surface area contributed by atoms with Crippen LogP contribution in [0.4, 0.5) is 5.69 Å². The van der Waals surface area contributed by atoms with E-state index in [0.717, 1.165) is 28.2 Å². The highest BCUT2D eigenvalue weighted by Crippen LogP contribution is 2.34. The van der Waals surface area contributed by atoms with Crippen molar-refractivity contribution in [2.24, 2.45) is 0 Å². The van der Waals surface area contributed by atoms with Gasteiger partial charge < -0.3 is 24.1 Å². The highest BCUT2D eigenvalue weighted by Gasteiger charge is 2.17. The van der Waals surface area contributed by atoms with E-state index in [-0.39, 0.29) is 19.2 Å². The average Bonchev–Trinajstić information content (AvgIpc) is 3.38. The maximum atomic E-state index is 12.9. The number of para-hydroxylation sites is 2. The Hall–Kier alpha value is -4.00. The Labute approximate surface area is 172 Å². The molecule has 3 aromatic carbocycles. The minimum Gasteiger partial charge on any atom is -0.497 e. The molecule has 0 saturated carbocycles. The third-order valence-corrected chi connectivity index (χ3v) is 4.96. The summed E-state index contributed by atoms with van der Waals surface area (Å²) in [6.45, 7) is 0.315. The summed E-state index contributed by atoms with van der Waals surface area (Å²) < 4.78 is 17.9. The molecule has 0 aliphatic carbocycles. The number of methoxy groups -OCH3 is 1. The number of carbonyl (C=O) groups is 1. The molecular weight excluding hydrogens is 382 g/mol. The molecule has 0 saturated heterocycles. The Bertz CT molecular complexity index is 1230. The second-order valence-electron chi connectivity index (χ2n) is 6.85. The zero-order valence-electron chi connectivity index (χ0n) is 16.3. The fraction of sp³-hybridized carbons (Fsp3) is 0.130. The minimum atomic E-state index is -0.160. The van der Waals surface area contributed by atoms with Gasteiger partial charge in [-0.1, -0.05) is 12.1 Å². The smallest absolute Gasteiger partial charge is 0.244 e. The Morgan fingerprint density at radius 1 is 1.07 bits per heavy atom. The monoisotopic (exact) mass is 401 g/mol. The number of hydrogen-bond donors (Lipinski definition) is 1. The molecule has 0 atom stereocenters. The van der Waals surface area contributed by atoms with E-state index in [1.54, 1.807) is 25.3 Å². The summed E-state index contributed by atoms with van der Waals surface area (Å²) in [5.41, 5.74) is 3.28. The number of carbonyl (C=O) groups excluding carboxylic acids is 1. The van der Waals surface area contributed by atoms with Crippen molar-refractivity contribution < 1.29 is 19.0 Å². The molecule has 7 nitrogen and oxygen atoms in total. The molecule has 4 aromatic rings. The van der Waals surface area contributed by atoms with E-state index in [4.69, 9.17) is 19.2 Å². The third-order valence-electron chi connectivity index (χ3n) is 4.96. The molecule has 30 heavy (non-hydrogen) atoms. The summed E-state index contributed by atoms with van der Waals surface area (Å²) in [6.07, 6.45) is 0. The van der Waals surface area contributed by atoms with Crippen molar-refractivity contribution in [1.82, 2.24) is 9.55 Å². The van der Waals surface area contributed by atoms with Gasteiger partial charge in [-0.3, -0.25) is 4.79 Å². The number of ether oxygens (including phenoxy) is 3. The fourth-order valence-corrected chi connectivity index (χ4v) is 3.51. The number of anilines is 1.